The van der Waals surface area contributed by atoms with E-state index in [1.165, 1.54) is 5.01 Å². The molecule has 0 saturated carbocycles. The summed E-state index contributed by atoms with van der Waals surface area (Å²) < 4.78 is 5.62. The van der Waals surface area contributed by atoms with E-state index in [0.717, 1.165) is 11.1 Å². The Labute approximate surface area is 213 Å². The molecule has 2 aliphatic rings. The number of carbonyl (C=O) groups excluding carboxylic acids is 2. The Morgan fingerprint density at radius 2 is 1.86 bits per heavy atom. The summed E-state index contributed by atoms with van der Waals surface area (Å²) in [6, 6.07) is 5.39. The van der Waals surface area contributed by atoms with Crippen LogP contribution in [0.1, 0.15) is 70.8 Å². The van der Waals surface area contributed by atoms with Crippen molar-refractivity contribution in [1.82, 2.24) is 9.91 Å². The molecule has 0 spiro atoms. The average molecular weight is 496 g/mol. The minimum Gasteiger partial charge on any atom is -0.491 e. The summed E-state index contributed by atoms with van der Waals surface area (Å²) in [5.41, 5.74) is 1.00. The molecule has 1 atom stereocenters. The average Bonchev–Trinajstić information content (AvgIpc) is 3.08. The third kappa shape index (κ3) is 5.41. The number of aliphatic hydroxyl groups excluding tert-OH is 1. The van der Waals surface area contributed by atoms with Crippen LogP contribution >= 0.6 is 0 Å². The molecular formula is C27H37N5O4. The molecule has 9 nitrogen and oxygen atoms in total. The van der Waals surface area contributed by atoms with Crippen LogP contribution in [-0.2, 0) is 10.2 Å². The highest BCUT2D eigenvalue weighted by Gasteiger charge is 2.45. The van der Waals surface area contributed by atoms with Gasteiger partial charge in [-0.15, -0.1) is 0 Å². The Morgan fingerprint density at radius 3 is 2.44 bits per heavy atom. The number of nitrogens with zero attached hydrogens (tertiary/aromatic N) is 4. The number of amidine groups is 2. The lowest BCUT2D eigenvalue weighted by atomic mass is 9.84. The van der Waals surface area contributed by atoms with Crippen molar-refractivity contribution in [3.63, 3.8) is 0 Å². The fraction of sp³-hybridized carbons (Fsp3) is 0.519. The highest BCUT2D eigenvalue weighted by molar-refractivity contribution is 6.45. The van der Waals surface area contributed by atoms with Gasteiger partial charge < -0.3 is 14.7 Å². The number of nitrogens with one attached hydrogen (secondary N) is 1. The monoisotopic (exact) mass is 495 g/mol. The van der Waals surface area contributed by atoms with Gasteiger partial charge in [-0.2, -0.15) is 10.1 Å². The van der Waals surface area contributed by atoms with Gasteiger partial charge in [-0.1, -0.05) is 20.8 Å². The van der Waals surface area contributed by atoms with Crippen LogP contribution in [-0.4, -0.2) is 75.9 Å². The van der Waals surface area contributed by atoms with Gasteiger partial charge in [0.25, 0.3) is 5.91 Å². The fourth-order valence-corrected chi connectivity index (χ4v) is 4.18. The van der Waals surface area contributed by atoms with Crippen molar-refractivity contribution in [2.45, 2.75) is 65.8 Å². The summed E-state index contributed by atoms with van der Waals surface area (Å²) >= 11 is 0. The van der Waals surface area contributed by atoms with Crippen molar-refractivity contribution < 1.29 is 19.4 Å². The molecule has 2 heterocycles. The first-order valence-electron chi connectivity index (χ1n) is 12.3. The standard InChI is InChI=1S/C27H37N5O4/c1-8-31(9-2)24(35)21-12-17(3)23-29-27(7,25(28)32(23)30-21)16-22(34)18-13-19(26(4,5)6)15-20(14-18)36-11-10-33/h12-15,28,33H,8-11,16H2,1-7H3/t27-/m0/s1. The first kappa shape index (κ1) is 27.3. The topological polar surface area (TPSA) is 119 Å². The van der Waals surface area contributed by atoms with E-state index in [9.17, 15) is 9.59 Å². The van der Waals surface area contributed by atoms with Gasteiger partial charge in [0.1, 0.15) is 23.6 Å². The zero-order valence-electron chi connectivity index (χ0n) is 22.3. The summed E-state index contributed by atoms with van der Waals surface area (Å²) in [5, 5.41) is 23.8. The van der Waals surface area contributed by atoms with E-state index in [2.05, 4.69) is 25.9 Å². The number of hydrazone groups is 1. The Kier molecular flexibility index (Phi) is 7.83. The second kappa shape index (κ2) is 10.3. The fourth-order valence-electron chi connectivity index (χ4n) is 4.18. The molecule has 1 aromatic carbocycles. The Bertz CT molecular complexity index is 1160. The minimum atomic E-state index is -1.14. The van der Waals surface area contributed by atoms with Gasteiger partial charge in [-0.25, -0.2) is 0 Å². The first-order valence-corrected chi connectivity index (χ1v) is 12.3. The minimum absolute atomic E-state index is 0.0407. The smallest absolute Gasteiger partial charge is 0.274 e. The number of ether oxygens (including phenoxy) is 1. The second-order valence-electron chi connectivity index (χ2n) is 10.3. The molecule has 1 aromatic rings. The summed E-state index contributed by atoms with van der Waals surface area (Å²) in [7, 11) is 0. The first-order chi connectivity index (χ1) is 16.8. The van der Waals surface area contributed by atoms with Crippen LogP contribution in [0.15, 0.2) is 39.9 Å². The lowest BCUT2D eigenvalue weighted by molar-refractivity contribution is -0.123. The highest BCUT2D eigenvalue weighted by Crippen LogP contribution is 2.34. The number of benzene rings is 1. The zero-order valence-corrected chi connectivity index (χ0v) is 22.3. The molecule has 2 aliphatic heterocycles. The van der Waals surface area contributed by atoms with Crippen LogP contribution in [0.5, 0.6) is 5.75 Å². The number of ketones is 1. The number of carbonyl (C=O) groups is 2. The van der Waals surface area contributed by atoms with Crippen molar-refractivity contribution >= 4 is 29.1 Å². The Morgan fingerprint density at radius 1 is 1.19 bits per heavy atom. The SMILES string of the molecule is CCN(CC)C(=O)C1=NN2C(=N)[C@](C)(CC(=O)c3cc(OCCO)cc(C(C)(C)C)c3)N=C2C(C)=C1. The van der Waals surface area contributed by atoms with Gasteiger partial charge in [0.05, 0.1) is 6.61 Å². The van der Waals surface area contributed by atoms with Crippen molar-refractivity contribution in [3.8, 4) is 5.75 Å². The van der Waals surface area contributed by atoms with Crippen LogP contribution in [0, 0.1) is 5.41 Å². The number of aliphatic hydroxyl groups is 1. The molecule has 0 saturated heterocycles. The van der Waals surface area contributed by atoms with Crippen LogP contribution in [0.4, 0.5) is 0 Å². The molecule has 0 unspecified atom stereocenters. The van der Waals surface area contributed by atoms with Crippen LogP contribution in [0.3, 0.4) is 0 Å². The number of Topliss-reactive ketones (excluding diaryl/α,β-unsaturated/α-hetero) is 1. The predicted octanol–water partition coefficient (Wildman–Crippen LogP) is 3.56. The van der Waals surface area contributed by atoms with E-state index >= 15 is 0 Å². The van der Waals surface area contributed by atoms with Crippen LogP contribution in [0.2, 0.25) is 0 Å². The molecule has 3 rings (SSSR count). The Hall–Kier alpha value is -3.33. The summed E-state index contributed by atoms with van der Waals surface area (Å²) in [6.45, 7) is 14.7. The van der Waals surface area contributed by atoms with E-state index in [4.69, 9.17) is 20.2 Å². The number of amides is 1. The lowest BCUT2D eigenvalue weighted by Crippen LogP contribution is -2.43. The lowest BCUT2D eigenvalue weighted by Gasteiger charge is -2.26. The van der Waals surface area contributed by atoms with Gasteiger partial charge >= 0.3 is 0 Å². The van der Waals surface area contributed by atoms with Crippen molar-refractivity contribution in [2.24, 2.45) is 10.1 Å². The maximum atomic E-state index is 13.5. The molecule has 9 heteroatoms. The highest BCUT2D eigenvalue weighted by atomic mass is 16.5. The quantitative estimate of drug-likeness (QED) is 0.508. The molecule has 0 radical (unpaired) electrons. The van der Waals surface area contributed by atoms with E-state index in [0.29, 0.717) is 30.2 Å². The molecule has 0 fully saturated rings. The number of hydrogen-bond acceptors (Lipinski definition) is 7. The molecular weight excluding hydrogens is 458 g/mol. The van der Waals surface area contributed by atoms with Crippen LogP contribution < -0.4 is 4.74 Å². The van der Waals surface area contributed by atoms with Crippen molar-refractivity contribution in [2.75, 3.05) is 26.3 Å². The van der Waals surface area contributed by atoms with E-state index in [1.807, 2.05) is 32.9 Å². The maximum absolute atomic E-state index is 13.5. The third-order valence-electron chi connectivity index (χ3n) is 6.42. The normalized spacial score (nSPS) is 19.4. The van der Waals surface area contributed by atoms with Gasteiger partial charge in [0.2, 0.25) is 0 Å². The largest absolute Gasteiger partial charge is 0.491 e. The van der Waals surface area contributed by atoms with E-state index in [1.54, 1.807) is 24.0 Å². The van der Waals surface area contributed by atoms with Gasteiger partial charge in [0.15, 0.2) is 17.5 Å². The molecule has 36 heavy (non-hydrogen) atoms. The second-order valence-corrected chi connectivity index (χ2v) is 10.3. The number of fused-ring (bicyclic) bond motifs is 1. The maximum Gasteiger partial charge on any atom is 0.274 e. The number of aliphatic imine (C=N–C) groups is 1. The van der Waals surface area contributed by atoms with Crippen molar-refractivity contribution in [1.29, 1.82) is 5.41 Å². The molecule has 0 aromatic heterocycles. The molecule has 1 amide bonds. The van der Waals surface area contributed by atoms with Crippen LogP contribution in [0.25, 0.3) is 0 Å². The zero-order chi connectivity index (χ0) is 26.8. The molecule has 194 valence electrons. The van der Waals surface area contributed by atoms with Gasteiger partial charge in [-0.05, 0) is 68.5 Å². The predicted molar refractivity (Wildman–Crippen MR) is 141 cm³/mol. The van der Waals surface area contributed by atoms with E-state index in [-0.39, 0.29) is 48.3 Å². The summed E-state index contributed by atoms with van der Waals surface area (Å²) in [6.07, 6.45) is 1.65. The molecule has 2 N–H and O–H groups in total. The van der Waals surface area contributed by atoms with Crippen molar-refractivity contribution in [3.05, 3.63) is 41.0 Å². The van der Waals surface area contributed by atoms with Gasteiger partial charge in [-0.3, -0.25) is 20.0 Å². The third-order valence-corrected chi connectivity index (χ3v) is 6.42. The van der Waals surface area contributed by atoms with Gasteiger partial charge in [0, 0.05) is 25.1 Å². The summed E-state index contributed by atoms with van der Waals surface area (Å²) in [5.74, 6) is 0.647. The molecule has 0 bridgehead atoms. The molecule has 0 aliphatic carbocycles. The summed E-state index contributed by atoms with van der Waals surface area (Å²) in [4.78, 5) is 32.8. The number of rotatable bonds is 9. The Balaban J connectivity index is 1.91. The van der Waals surface area contributed by atoms with E-state index < -0.39 is 5.54 Å². The number of hydrogen-bond donors (Lipinski definition) is 2.